The molecule has 17 heavy (non-hydrogen) atoms. The Balaban J connectivity index is 2.78. The van der Waals surface area contributed by atoms with E-state index in [9.17, 15) is 0 Å². The molecule has 1 rings (SSSR count). The van der Waals surface area contributed by atoms with Gasteiger partial charge in [-0.25, -0.2) is 4.98 Å². The van der Waals surface area contributed by atoms with Gasteiger partial charge in [0.15, 0.2) is 0 Å². The first kappa shape index (κ1) is 13.7. The van der Waals surface area contributed by atoms with Gasteiger partial charge in [-0.1, -0.05) is 13.8 Å². The molecule has 0 unspecified atom stereocenters. The summed E-state index contributed by atoms with van der Waals surface area (Å²) in [6, 6.07) is 1.93. The first-order chi connectivity index (χ1) is 8.17. The van der Waals surface area contributed by atoms with Crippen LogP contribution in [0.2, 0.25) is 0 Å². The first-order valence-electron chi connectivity index (χ1n) is 5.92. The molecule has 5 heteroatoms. The van der Waals surface area contributed by atoms with E-state index >= 15 is 0 Å². The Hall–Kier alpha value is -1.36. The number of nitrogens with one attached hydrogen (secondary N) is 1. The van der Waals surface area contributed by atoms with Crippen molar-refractivity contribution in [2.75, 3.05) is 44.1 Å². The van der Waals surface area contributed by atoms with Gasteiger partial charge in [-0.3, -0.25) is 0 Å². The summed E-state index contributed by atoms with van der Waals surface area (Å²) in [7, 11) is 3.54. The van der Waals surface area contributed by atoms with E-state index in [1.165, 1.54) is 0 Å². The lowest BCUT2D eigenvalue weighted by molar-refractivity contribution is 0.204. The Morgan fingerprint density at radius 1 is 1.47 bits per heavy atom. The predicted octanol–water partition coefficient (Wildman–Crippen LogP) is 1.63. The van der Waals surface area contributed by atoms with E-state index in [4.69, 9.17) is 4.74 Å². The van der Waals surface area contributed by atoms with Crippen LogP contribution in [-0.4, -0.2) is 43.8 Å². The van der Waals surface area contributed by atoms with E-state index in [1.54, 1.807) is 13.3 Å². The predicted molar refractivity (Wildman–Crippen MR) is 70.5 cm³/mol. The molecule has 96 valence electrons. The molecule has 0 radical (unpaired) electrons. The van der Waals surface area contributed by atoms with Crippen molar-refractivity contribution in [1.29, 1.82) is 0 Å². The molecular formula is C12H22N4O. The van der Waals surface area contributed by atoms with Gasteiger partial charge in [0.2, 0.25) is 5.95 Å². The van der Waals surface area contributed by atoms with Crippen molar-refractivity contribution in [2.45, 2.75) is 13.8 Å². The van der Waals surface area contributed by atoms with E-state index in [0.29, 0.717) is 18.5 Å². The van der Waals surface area contributed by atoms with E-state index in [0.717, 1.165) is 18.9 Å². The number of nitrogens with zero attached hydrogens (tertiary/aromatic N) is 3. The number of anilines is 2. The normalized spacial score (nSPS) is 10.6. The van der Waals surface area contributed by atoms with Gasteiger partial charge in [0, 0.05) is 33.4 Å². The van der Waals surface area contributed by atoms with Crippen LogP contribution in [-0.2, 0) is 4.74 Å². The van der Waals surface area contributed by atoms with Gasteiger partial charge in [0.05, 0.1) is 6.61 Å². The molecule has 0 aliphatic rings. The number of aromatic nitrogens is 2. The lowest BCUT2D eigenvalue weighted by atomic mass is 10.2. The number of methoxy groups -OCH3 is 1. The van der Waals surface area contributed by atoms with E-state index in [1.807, 2.05) is 13.1 Å². The van der Waals surface area contributed by atoms with Crippen LogP contribution in [0.5, 0.6) is 0 Å². The van der Waals surface area contributed by atoms with Gasteiger partial charge in [-0.05, 0) is 12.0 Å². The second-order valence-corrected chi connectivity index (χ2v) is 4.32. The quantitative estimate of drug-likeness (QED) is 0.782. The fraction of sp³-hybridized carbons (Fsp3) is 0.667. The summed E-state index contributed by atoms with van der Waals surface area (Å²) in [6.45, 7) is 6.89. The summed E-state index contributed by atoms with van der Waals surface area (Å²) in [5.74, 6) is 2.17. The van der Waals surface area contributed by atoms with Crippen LogP contribution in [0.1, 0.15) is 13.8 Å². The zero-order chi connectivity index (χ0) is 12.7. The van der Waals surface area contributed by atoms with Crippen molar-refractivity contribution in [3.63, 3.8) is 0 Å². The Labute approximate surface area is 103 Å². The molecular weight excluding hydrogens is 216 g/mol. The van der Waals surface area contributed by atoms with Gasteiger partial charge >= 0.3 is 0 Å². The fourth-order valence-electron chi connectivity index (χ4n) is 1.59. The smallest absolute Gasteiger partial charge is 0.224 e. The molecule has 1 heterocycles. The molecule has 0 saturated carbocycles. The molecule has 0 aliphatic carbocycles. The van der Waals surface area contributed by atoms with Crippen molar-refractivity contribution < 1.29 is 4.74 Å². The van der Waals surface area contributed by atoms with Crippen LogP contribution >= 0.6 is 0 Å². The lowest BCUT2D eigenvalue weighted by Crippen LogP contribution is -2.31. The Bertz CT molecular complexity index is 330. The monoisotopic (exact) mass is 238 g/mol. The van der Waals surface area contributed by atoms with Gasteiger partial charge in [-0.2, -0.15) is 4.98 Å². The SMILES string of the molecule is CNc1nccc(N(CCOC)CC(C)C)n1. The number of hydrogen-bond donors (Lipinski definition) is 1. The minimum Gasteiger partial charge on any atom is -0.383 e. The summed E-state index contributed by atoms with van der Waals surface area (Å²) in [5, 5.41) is 2.95. The highest BCUT2D eigenvalue weighted by atomic mass is 16.5. The molecule has 0 fully saturated rings. The van der Waals surface area contributed by atoms with Gasteiger partial charge < -0.3 is 15.0 Å². The van der Waals surface area contributed by atoms with Gasteiger partial charge in [0.25, 0.3) is 0 Å². The number of rotatable bonds is 7. The minimum atomic E-state index is 0.583. The molecule has 0 spiro atoms. The molecule has 0 aliphatic heterocycles. The average molecular weight is 238 g/mol. The van der Waals surface area contributed by atoms with Crippen LogP contribution in [0.4, 0.5) is 11.8 Å². The summed E-state index contributed by atoms with van der Waals surface area (Å²) < 4.78 is 5.13. The molecule has 0 amide bonds. The molecule has 1 N–H and O–H groups in total. The van der Waals surface area contributed by atoms with Gasteiger partial charge in [0.1, 0.15) is 5.82 Å². The maximum atomic E-state index is 5.13. The van der Waals surface area contributed by atoms with E-state index in [2.05, 4.69) is 34.0 Å². The third-order valence-corrected chi connectivity index (χ3v) is 2.34. The second-order valence-electron chi connectivity index (χ2n) is 4.32. The molecule has 0 saturated heterocycles. The van der Waals surface area contributed by atoms with Crippen molar-refractivity contribution in [2.24, 2.45) is 5.92 Å². The van der Waals surface area contributed by atoms with Crippen molar-refractivity contribution in [3.05, 3.63) is 12.3 Å². The molecule has 1 aromatic rings. The Morgan fingerprint density at radius 2 is 2.24 bits per heavy atom. The van der Waals surface area contributed by atoms with Crippen LogP contribution in [0.25, 0.3) is 0 Å². The maximum Gasteiger partial charge on any atom is 0.224 e. The molecule has 0 bridgehead atoms. The Morgan fingerprint density at radius 3 is 2.82 bits per heavy atom. The van der Waals surface area contributed by atoms with Crippen LogP contribution in [0.3, 0.4) is 0 Å². The molecule has 0 aromatic carbocycles. The number of ether oxygens (including phenoxy) is 1. The highest BCUT2D eigenvalue weighted by Gasteiger charge is 2.10. The Kier molecular flexibility index (Phi) is 5.69. The van der Waals surface area contributed by atoms with E-state index < -0.39 is 0 Å². The average Bonchev–Trinajstić information content (AvgIpc) is 2.34. The first-order valence-corrected chi connectivity index (χ1v) is 5.92. The van der Waals surface area contributed by atoms with Crippen LogP contribution < -0.4 is 10.2 Å². The highest BCUT2D eigenvalue weighted by molar-refractivity contribution is 5.42. The highest BCUT2D eigenvalue weighted by Crippen LogP contribution is 2.13. The largest absolute Gasteiger partial charge is 0.383 e. The fourth-order valence-corrected chi connectivity index (χ4v) is 1.59. The van der Waals surface area contributed by atoms with Crippen molar-refractivity contribution in [1.82, 2.24) is 9.97 Å². The standard InChI is InChI=1S/C12H22N4O/c1-10(2)9-16(7-8-17-4)11-5-6-14-12(13-3)15-11/h5-6,10H,7-9H2,1-4H3,(H,13,14,15). The molecule has 1 aromatic heterocycles. The minimum absolute atomic E-state index is 0.583. The van der Waals surface area contributed by atoms with Crippen molar-refractivity contribution >= 4 is 11.8 Å². The van der Waals surface area contributed by atoms with Crippen LogP contribution in [0.15, 0.2) is 12.3 Å². The zero-order valence-corrected chi connectivity index (χ0v) is 11.1. The van der Waals surface area contributed by atoms with Crippen molar-refractivity contribution in [3.8, 4) is 0 Å². The number of hydrogen-bond acceptors (Lipinski definition) is 5. The summed E-state index contributed by atoms with van der Waals surface area (Å²) >= 11 is 0. The molecule has 5 nitrogen and oxygen atoms in total. The third kappa shape index (κ3) is 4.56. The maximum absolute atomic E-state index is 5.13. The second kappa shape index (κ2) is 7.06. The van der Waals surface area contributed by atoms with Gasteiger partial charge in [-0.15, -0.1) is 0 Å². The summed E-state index contributed by atoms with van der Waals surface area (Å²) in [4.78, 5) is 10.8. The topological polar surface area (TPSA) is 50.3 Å². The van der Waals surface area contributed by atoms with Crippen LogP contribution in [0, 0.1) is 5.92 Å². The summed E-state index contributed by atoms with van der Waals surface area (Å²) in [5.41, 5.74) is 0. The van der Waals surface area contributed by atoms with E-state index in [-0.39, 0.29) is 0 Å². The zero-order valence-electron chi connectivity index (χ0n) is 11.1. The summed E-state index contributed by atoms with van der Waals surface area (Å²) in [6.07, 6.45) is 1.77. The molecule has 0 atom stereocenters. The lowest BCUT2D eigenvalue weighted by Gasteiger charge is -2.25. The third-order valence-electron chi connectivity index (χ3n) is 2.34.